The summed E-state index contributed by atoms with van der Waals surface area (Å²) in [6.45, 7) is 4.92. The van der Waals surface area contributed by atoms with Crippen LogP contribution in [0.15, 0.2) is 36.4 Å². The number of hydrogen-bond acceptors (Lipinski definition) is 3. The van der Waals surface area contributed by atoms with Crippen molar-refractivity contribution >= 4 is 0 Å². The van der Waals surface area contributed by atoms with Crippen molar-refractivity contribution in [1.29, 1.82) is 0 Å². The highest BCUT2D eigenvalue weighted by Crippen LogP contribution is 2.43. The number of ether oxygens (including phenoxy) is 3. The molecule has 0 spiro atoms. The average Bonchev–Trinajstić information content (AvgIpc) is 2.54. The van der Waals surface area contributed by atoms with Gasteiger partial charge in [-0.2, -0.15) is 0 Å². The minimum absolute atomic E-state index is 0.458. The van der Waals surface area contributed by atoms with Crippen LogP contribution in [0.1, 0.15) is 29.2 Å². The van der Waals surface area contributed by atoms with Gasteiger partial charge in [0.05, 0.1) is 20.8 Å². The highest BCUT2D eigenvalue weighted by molar-refractivity contribution is 5.53. The van der Waals surface area contributed by atoms with E-state index in [-0.39, 0.29) is 0 Å². The number of benzene rings is 2. The zero-order chi connectivity index (χ0) is 15.7. The molecule has 1 aliphatic heterocycles. The summed E-state index contributed by atoms with van der Waals surface area (Å²) in [5.74, 6) is 1.51. The highest BCUT2D eigenvalue weighted by Gasteiger charge is 2.36. The Morgan fingerprint density at radius 3 is 2.27 bits per heavy atom. The lowest BCUT2D eigenvalue weighted by Gasteiger charge is -2.37. The molecule has 0 fully saturated rings. The van der Waals surface area contributed by atoms with Gasteiger partial charge in [0.2, 0.25) is 0 Å². The molecule has 3 heteroatoms. The summed E-state index contributed by atoms with van der Waals surface area (Å²) in [6.07, 6.45) is 0.886. The molecule has 0 bridgehead atoms. The van der Waals surface area contributed by atoms with Crippen LogP contribution in [-0.2, 0) is 16.8 Å². The number of rotatable bonds is 3. The molecule has 22 heavy (non-hydrogen) atoms. The van der Waals surface area contributed by atoms with Crippen LogP contribution in [0.25, 0.3) is 0 Å². The van der Waals surface area contributed by atoms with Gasteiger partial charge in [-0.15, -0.1) is 0 Å². The van der Waals surface area contributed by atoms with E-state index in [0.29, 0.717) is 6.61 Å². The van der Waals surface area contributed by atoms with E-state index in [4.69, 9.17) is 14.2 Å². The minimum atomic E-state index is -0.458. The molecule has 0 saturated heterocycles. The molecule has 0 aliphatic carbocycles. The molecule has 0 unspecified atom stereocenters. The molecule has 3 nitrogen and oxygen atoms in total. The van der Waals surface area contributed by atoms with Crippen LogP contribution in [0.3, 0.4) is 0 Å². The third kappa shape index (κ3) is 2.35. The van der Waals surface area contributed by atoms with Crippen LogP contribution in [0.2, 0.25) is 0 Å². The fourth-order valence-electron chi connectivity index (χ4n) is 3.13. The molecule has 0 N–H and O–H groups in total. The van der Waals surface area contributed by atoms with Crippen LogP contribution in [0.5, 0.6) is 11.5 Å². The second-order valence-electron chi connectivity index (χ2n) is 5.86. The van der Waals surface area contributed by atoms with E-state index in [1.165, 1.54) is 11.1 Å². The standard InChI is InChI=1S/C19H22O3/c1-13-5-7-15(8-6-13)19(2)16-12-18(21-4)17(20-3)11-14(16)9-10-22-19/h5-8,11-12H,9-10H2,1-4H3/t19-/m1/s1. The van der Waals surface area contributed by atoms with Crippen molar-refractivity contribution in [2.24, 2.45) is 0 Å². The van der Waals surface area contributed by atoms with Gasteiger partial charge in [0, 0.05) is 0 Å². The molecule has 3 rings (SSSR count). The Morgan fingerprint density at radius 1 is 1.00 bits per heavy atom. The van der Waals surface area contributed by atoms with E-state index < -0.39 is 5.60 Å². The van der Waals surface area contributed by atoms with E-state index in [0.717, 1.165) is 29.0 Å². The molecular weight excluding hydrogens is 276 g/mol. The second-order valence-corrected chi connectivity index (χ2v) is 5.86. The first-order valence-corrected chi connectivity index (χ1v) is 7.55. The quantitative estimate of drug-likeness (QED) is 0.861. The van der Waals surface area contributed by atoms with Gasteiger partial charge in [-0.05, 0) is 49.1 Å². The van der Waals surface area contributed by atoms with Gasteiger partial charge in [-0.25, -0.2) is 0 Å². The summed E-state index contributed by atoms with van der Waals surface area (Å²) < 4.78 is 17.1. The highest BCUT2D eigenvalue weighted by atomic mass is 16.5. The van der Waals surface area contributed by atoms with Gasteiger partial charge in [0.1, 0.15) is 5.60 Å². The smallest absolute Gasteiger partial charge is 0.161 e. The Bertz CT molecular complexity index is 676. The molecule has 0 radical (unpaired) electrons. The monoisotopic (exact) mass is 298 g/mol. The van der Waals surface area contributed by atoms with Crippen LogP contribution in [0.4, 0.5) is 0 Å². The van der Waals surface area contributed by atoms with Gasteiger partial charge in [-0.1, -0.05) is 29.8 Å². The van der Waals surface area contributed by atoms with Crippen LogP contribution < -0.4 is 9.47 Å². The van der Waals surface area contributed by atoms with Crippen molar-refractivity contribution in [3.05, 3.63) is 58.7 Å². The summed E-state index contributed by atoms with van der Waals surface area (Å²) in [4.78, 5) is 0. The summed E-state index contributed by atoms with van der Waals surface area (Å²) >= 11 is 0. The normalized spacial score (nSPS) is 20.4. The van der Waals surface area contributed by atoms with Crippen molar-refractivity contribution in [3.63, 3.8) is 0 Å². The molecular formula is C19H22O3. The summed E-state index contributed by atoms with van der Waals surface area (Å²) in [7, 11) is 3.33. The number of fused-ring (bicyclic) bond motifs is 1. The van der Waals surface area contributed by atoms with E-state index in [1.54, 1.807) is 14.2 Å². The molecule has 0 amide bonds. The first-order valence-electron chi connectivity index (χ1n) is 7.55. The number of hydrogen-bond donors (Lipinski definition) is 0. The molecule has 1 aliphatic rings. The van der Waals surface area contributed by atoms with Crippen molar-refractivity contribution in [2.75, 3.05) is 20.8 Å². The SMILES string of the molecule is COc1cc2c(cc1OC)[C@@](C)(c1ccc(C)cc1)OCC2. The Labute approximate surface area is 131 Å². The average molecular weight is 298 g/mol. The lowest BCUT2D eigenvalue weighted by molar-refractivity contribution is -0.0144. The van der Waals surface area contributed by atoms with E-state index in [9.17, 15) is 0 Å². The topological polar surface area (TPSA) is 27.7 Å². The third-order valence-electron chi connectivity index (χ3n) is 4.49. The summed E-state index contributed by atoms with van der Waals surface area (Å²) in [6, 6.07) is 12.6. The predicted molar refractivity (Wildman–Crippen MR) is 86.8 cm³/mol. The van der Waals surface area contributed by atoms with Crippen molar-refractivity contribution in [2.45, 2.75) is 25.9 Å². The van der Waals surface area contributed by atoms with Crippen LogP contribution >= 0.6 is 0 Å². The fourth-order valence-corrected chi connectivity index (χ4v) is 3.13. The van der Waals surface area contributed by atoms with E-state index in [2.05, 4.69) is 44.2 Å². The Kier molecular flexibility index (Phi) is 3.83. The van der Waals surface area contributed by atoms with Crippen LogP contribution in [0, 0.1) is 6.92 Å². The van der Waals surface area contributed by atoms with Crippen molar-refractivity contribution in [3.8, 4) is 11.5 Å². The molecule has 116 valence electrons. The maximum atomic E-state index is 6.19. The molecule has 2 aromatic carbocycles. The summed E-state index contributed by atoms with van der Waals surface area (Å²) in [5, 5.41) is 0. The van der Waals surface area contributed by atoms with Crippen LogP contribution in [-0.4, -0.2) is 20.8 Å². The second kappa shape index (κ2) is 5.65. The molecule has 0 aromatic heterocycles. The summed E-state index contributed by atoms with van der Waals surface area (Å²) in [5.41, 5.74) is 4.36. The largest absolute Gasteiger partial charge is 0.493 e. The van der Waals surface area contributed by atoms with Gasteiger partial charge < -0.3 is 14.2 Å². The Morgan fingerprint density at radius 2 is 1.64 bits per heavy atom. The Balaban J connectivity index is 2.15. The molecule has 1 heterocycles. The maximum Gasteiger partial charge on any atom is 0.161 e. The molecule has 1 atom stereocenters. The first kappa shape index (κ1) is 14.9. The zero-order valence-corrected chi connectivity index (χ0v) is 13.6. The molecule has 2 aromatic rings. The van der Waals surface area contributed by atoms with Gasteiger partial charge in [-0.3, -0.25) is 0 Å². The van der Waals surface area contributed by atoms with Gasteiger partial charge in [0.15, 0.2) is 11.5 Å². The van der Waals surface area contributed by atoms with Gasteiger partial charge >= 0.3 is 0 Å². The van der Waals surface area contributed by atoms with Crippen molar-refractivity contribution in [1.82, 2.24) is 0 Å². The van der Waals surface area contributed by atoms with E-state index >= 15 is 0 Å². The number of methoxy groups -OCH3 is 2. The Hall–Kier alpha value is -2.00. The van der Waals surface area contributed by atoms with E-state index in [1.807, 2.05) is 6.07 Å². The lowest BCUT2D eigenvalue weighted by atomic mass is 9.82. The maximum absolute atomic E-state index is 6.19. The van der Waals surface area contributed by atoms with Crippen molar-refractivity contribution < 1.29 is 14.2 Å². The third-order valence-corrected chi connectivity index (χ3v) is 4.49. The fraction of sp³-hybridized carbons (Fsp3) is 0.368. The first-order chi connectivity index (χ1) is 10.6. The zero-order valence-electron chi connectivity index (χ0n) is 13.6. The predicted octanol–water partition coefficient (Wildman–Crippen LogP) is 3.85. The molecule has 0 saturated carbocycles. The number of aryl methyl sites for hydroxylation is 1. The van der Waals surface area contributed by atoms with Gasteiger partial charge in [0.25, 0.3) is 0 Å². The lowest BCUT2D eigenvalue weighted by Crippen LogP contribution is -2.33. The minimum Gasteiger partial charge on any atom is -0.493 e.